The molecule has 0 saturated carbocycles. The number of nitroso groups, excluding NO2 is 1. The SMILES string of the molecule is C=Cc1cc(CN=O)ccc1N. The van der Waals surface area contributed by atoms with Crippen molar-refractivity contribution in [1.29, 1.82) is 0 Å². The lowest BCUT2D eigenvalue weighted by atomic mass is 10.1. The van der Waals surface area contributed by atoms with Gasteiger partial charge in [-0.25, -0.2) is 0 Å². The molecule has 12 heavy (non-hydrogen) atoms. The first-order valence-corrected chi connectivity index (χ1v) is 3.58. The zero-order valence-corrected chi connectivity index (χ0v) is 6.66. The molecule has 0 heterocycles. The van der Waals surface area contributed by atoms with E-state index in [-0.39, 0.29) is 6.54 Å². The minimum absolute atomic E-state index is 0.182. The number of nitrogens with two attached hydrogens (primary N) is 1. The summed E-state index contributed by atoms with van der Waals surface area (Å²) < 4.78 is 0. The Morgan fingerprint density at radius 1 is 1.58 bits per heavy atom. The van der Waals surface area contributed by atoms with E-state index in [1.807, 2.05) is 6.07 Å². The lowest BCUT2D eigenvalue weighted by Crippen LogP contribution is -1.90. The summed E-state index contributed by atoms with van der Waals surface area (Å²) in [5.74, 6) is 0. The molecule has 1 aromatic carbocycles. The van der Waals surface area contributed by atoms with Crippen LogP contribution in [0.3, 0.4) is 0 Å². The summed E-state index contributed by atoms with van der Waals surface area (Å²) in [7, 11) is 0. The van der Waals surface area contributed by atoms with Crippen LogP contribution in [0.5, 0.6) is 0 Å². The van der Waals surface area contributed by atoms with Crippen LogP contribution in [-0.2, 0) is 6.54 Å². The first kappa shape index (κ1) is 8.46. The molecule has 0 amide bonds. The Labute approximate surface area is 70.9 Å². The number of benzene rings is 1. The van der Waals surface area contributed by atoms with E-state index >= 15 is 0 Å². The van der Waals surface area contributed by atoms with E-state index in [1.54, 1.807) is 18.2 Å². The normalized spacial score (nSPS) is 9.33. The number of rotatable bonds is 3. The molecule has 0 unspecified atom stereocenters. The minimum atomic E-state index is 0.182. The molecule has 2 N–H and O–H groups in total. The molecule has 0 aliphatic heterocycles. The molecular weight excluding hydrogens is 152 g/mol. The van der Waals surface area contributed by atoms with Crippen molar-refractivity contribution < 1.29 is 0 Å². The van der Waals surface area contributed by atoms with Crippen LogP contribution in [-0.4, -0.2) is 0 Å². The van der Waals surface area contributed by atoms with Gasteiger partial charge in [-0.2, -0.15) is 4.91 Å². The molecule has 1 rings (SSSR count). The molecule has 3 nitrogen and oxygen atoms in total. The van der Waals surface area contributed by atoms with E-state index in [0.717, 1.165) is 11.1 Å². The third-order valence-corrected chi connectivity index (χ3v) is 1.62. The topological polar surface area (TPSA) is 55.5 Å². The molecular formula is C9H10N2O. The van der Waals surface area contributed by atoms with Crippen molar-refractivity contribution in [1.82, 2.24) is 0 Å². The maximum Gasteiger partial charge on any atom is 0.106 e. The molecule has 1 aromatic rings. The van der Waals surface area contributed by atoms with Crippen molar-refractivity contribution in [3.63, 3.8) is 0 Å². The maximum atomic E-state index is 9.95. The number of hydrogen-bond donors (Lipinski definition) is 1. The summed E-state index contributed by atoms with van der Waals surface area (Å²) in [6.07, 6.45) is 1.66. The fraction of sp³-hybridized carbons (Fsp3) is 0.111. The van der Waals surface area contributed by atoms with Gasteiger partial charge in [0.2, 0.25) is 0 Å². The highest BCUT2D eigenvalue weighted by atomic mass is 16.3. The number of anilines is 1. The molecule has 0 saturated heterocycles. The number of hydrogen-bond acceptors (Lipinski definition) is 3. The van der Waals surface area contributed by atoms with Crippen molar-refractivity contribution in [3.8, 4) is 0 Å². The monoisotopic (exact) mass is 162 g/mol. The second kappa shape index (κ2) is 3.67. The molecule has 0 aliphatic rings. The maximum absolute atomic E-state index is 9.95. The Balaban J connectivity index is 3.04. The van der Waals surface area contributed by atoms with Gasteiger partial charge in [0.15, 0.2) is 0 Å². The zero-order valence-electron chi connectivity index (χ0n) is 6.66. The second-order valence-corrected chi connectivity index (χ2v) is 2.45. The fourth-order valence-electron chi connectivity index (χ4n) is 0.974. The summed E-state index contributed by atoms with van der Waals surface area (Å²) in [5.41, 5.74) is 7.98. The van der Waals surface area contributed by atoms with Crippen LogP contribution in [0.2, 0.25) is 0 Å². The van der Waals surface area contributed by atoms with E-state index in [1.165, 1.54) is 0 Å². The zero-order chi connectivity index (χ0) is 8.97. The van der Waals surface area contributed by atoms with Gasteiger partial charge in [-0.05, 0) is 23.3 Å². The largest absolute Gasteiger partial charge is 0.398 e. The second-order valence-electron chi connectivity index (χ2n) is 2.45. The predicted molar refractivity (Wildman–Crippen MR) is 50.4 cm³/mol. The first-order chi connectivity index (χ1) is 5.77. The summed E-state index contributed by atoms with van der Waals surface area (Å²) in [6.45, 7) is 3.79. The summed E-state index contributed by atoms with van der Waals surface area (Å²) >= 11 is 0. The summed E-state index contributed by atoms with van der Waals surface area (Å²) in [4.78, 5) is 9.95. The lowest BCUT2D eigenvalue weighted by molar-refractivity contribution is 1.05. The van der Waals surface area contributed by atoms with Crippen LogP contribution in [0.15, 0.2) is 30.0 Å². The Bertz CT molecular complexity index is 307. The van der Waals surface area contributed by atoms with Gasteiger partial charge in [0, 0.05) is 5.69 Å². The van der Waals surface area contributed by atoms with E-state index in [2.05, 4.69) is 11.8 Å². The van der Waals surface area contributed by atoms with Gasteiger partial charge in [-0.1, -0.05) is 23.9 Å². The molecule has 0 radical (unpaired) electrons. The third-order valence-electron chi connectivity index (χ3n) is 1.62. The number of nitrogen functional groups attached to an aromatic ring is 1. The predicted octanol–water partition coefficient (Wildman–Crippen LogP) is 2.18. The molecule has 0 spiro atoms. The van der Waals surface area contributed by atoms with Crippen LogP contribution < -0.4 is 5.73 Å². The summed E-state index contributed by atoms with van der Waals surface area (Å²) in [5, 5.41) is 2.79. The van der Waals surface area contributed by atoms with Gasteiger partial charge in [-0.15, -0.1) is 0 Å². The number of nitrogens with zero attached hydrogens (tertiary/aromatic N) is 1. The average Bonchev–Trinajstić information content (AvgIpc) is 2.09. The van der Waals surface area contributed by atoms with Gasteiger partial charge >= 0.3 is 0 Å². The Hall–Kier alpha value is -1.64. The quantitative estimate of drug-likeness (QED) is 0.547. The fourth-order valence-corrected chi connectivity index (χ4v) is 0.974. The molecule has 3 heteroatoms. The molecule has 0 atom stereocenters. The highest BCUT2D eigenvalue weighted by Gasteiger charge is 1.96. The standard InChI is InChI=1S/C9H10N2O/c1-2-8-5-7(6-11-12)3-4-9(8)10/h2-5H,1,6,10H2. The Morgan fingerprint density at radius 2 is 2.33 bits per heavy atom. The molecule has 0 bridgehead atoms. The van der Waals surface area contributed by atoms with Gasteiger partial charge in [-0.3, -0.25) is 0 Å². The van der Waals surface area contributed by atoms with E-state index in [0.29, 0.717) is 5.69 Å². The highest BCUT2D eigenvalue weighted by Crippen LogP contribution is 2.15. The van der Waals surface area contributed by atoms with Crippen LogP contribution >= 0.6 is 0 Å². The summed E-state index contributed by atoms with van der Waals surface area (Å²) in [6, 6.07) is 5.34. The van der Waals surface area contributed by atoms with Crippen LogP contribution in [0.4, 0.5) is 5.69 Å². The lowest BCUT2D eigenvalue weighted by Gasteiger charge is -2.01. The highest BCUT2D eigenvalue weighted by molar-refractivity contribution is 5.64. The Morgan fingerprint density at radius 3 is 2.92 bits per heavy atom. The van der Waals surface area contributed by atoms with E-state index in [4.69, 9.17) is 5.73 Å². The molecule has 62 valence electrons. The third kappa shape index (κ3) is 1.69. The van der Waals surface area contributed by atoms with Gasteiger partial charge in [0.25, 0.3) is 0 Å². The van der Waals surface area contributed by atoms with E-state index in [9.17, 15) is 4.91 Å². The average molecular weight is 162 g/mol. The van der Waals surface area contributed by atoms with Crippen molar-refractivity contribution in [3.05, 3.63) is 40.8 Å². The molecule has 0 fully saturated rings. The van der Waals surface area contributed by atoms with Crippen LogP contribution in [0.25, 0.3) is 6.08 Å². The van der Waals surface area contributed by atoms with E-state index < -0.39 is 0 Å². The van der Waals surface area contributed by atoms with Crippen molar-refractivity contribution in [2.45, 2.75) is 6.54 Å². The van der Waals surface area contributed by atoms with Gasteiger partial charge in [0.1, 0.15) is 6.54 Å². The van der Waals surface area contributed by atoms with Crippen molar-refractivity contribution in [2.75, 3.05) is 5.73 Å². The van der Waals surface area contributed by atoms with Crippen molar-refractivity contribution in [2.24, 2.45) is 5.18 Å². The van der Waals surface area contributed by atoms with Gasteiger partial charge < -0.3 is 5.73 Å². The molecule has 0 aromatic heterocycles. The smallest absolute Gasteiger partial charge is 0.106 e. The minimum Gasteiger partial charge on any atom is -0.398 e. The first-order valence-electron chi connectivity index (χ1n) is 3.58. The van der Waals surface area contributed by atoms with Crippen LogP contribution in [0, 0.1) is 4.91 Å². The van der Waals surface area contributed by atoms with Crippen molar-refractivity contribution >= 4 is 11.8 Å². The molecule has 0 aliphatic carbocycles. The van der Waals surface area contributed by atoms with Crippen LogP contribution in [0.1, 0.15) is 11.1 Å². The Kier molecular flexibility index (Phi) is 2.58. The van der Waals surface area contributed by atoms with Gasteiger partial charge in [0.05, 0.1) is 0 Å².